The summed E-state index contributed by atoms with van der Waals surface area (Å²) >= 11 is 6.39. The van der Waals surface area contributed by atoms with Crippen molar-refractivity contribution >= 4 is 11.6 Å². The van der Waals surface area contributed by atoms with Crippen LogP contribution in [0.4, 0.5) is 8.78 Å². The Labute approximate surface area is 170 Å². The Morgan fingerprint density at radius 2 is 1.86 bits per heavy atom. The Morgan fingerprint density at radius 3 is 2.59 bits per heavy atom. The largest absolute Gasteiger partial charge is 0.487 e. The van der Waals surface area contributed by atoms with Crippen molar-refractivity contribution in [3.63, 3.8) is 0 Å². The van der Waals surface area contributed by atoms with Crippen LogP contribution in [-0.4, -0.2) is 19.9 Å². The van der Waals surface area contributed by atoms with Gasteiger partial charge in [0, 0.05) is 23.5 Å². The van der Waals surface area contributed by atoms with E-state index in [9.17, 15) is 8.78 Å². The minimum absolute atomic E-state index is 0.00639. The van der Waals surface area contributed by atoms with E-state index in [0.717, 1.165) is 5.56 Å². The van der Waals surface area contributed by atoms with E-state index in [1.807, 2.05) is 0 Å². The third kappa shape index (κ3) is 4.25. The Kier molecular flexibility index (Phi) is 5.22. The highest BCUT2D eigenvalue weighted by molar-refractivity contribution is 6.33. The van der Waals surface area contributed by atoms with E-state index in [1.54, 1.807) is 43.6 Å². The monoisotopic (exact) mass is 412 g/mol. The number of pyridine rings is 2. The summed E-state index contributed by atoms with van der Waals surface area (Å²) in [4.78, 5) is 15.1. The number of aromatic nitrogens is 4. The van der Waals surface area contributed by atoms with E-state index in [-0.39, 0.29) is 12.3 Å². The van der Waals surface area contributed by atoms with E-state index in [4.69, 9.17) is 16.3 Å². The second-order valence-electron chi connectivity index (χ2n) is 6.39. The van der Waals surface area contributed by atoms with E-state index in [0.29, 0.717) is 33.4 Å². The van der Waals surface area contributed by atoms with Crippen LogP contribution in [0.5, 0.6) is 5.75 Å². The van der Waals surface area contributed by atoms with Crippen LogP contribution in [-0.2, 0) is 6.61 Å². The van der Waals surface area contributed by atoms with Crippen LogP contribution < -0.4 is 4.74 Å². The first-order valence-corrected chi connectivity index (χ1v) is 9.08. The van der Waals surface area contributed by atoms with Crippen molar-refractivity contribution in [2.45, 2.75) is 13.5 Å². The molecule has 146 valence electrons. The fourth-order valence-corrected chi connectivity index (χ4v) is 3.02. The van der Waals surface area contributed by atoms with Gasteiger partial charge in [0.1, 0.15) is 29.7 Å². The number of nitrogens with one attached hydrogen (secondary N) is 1. The van der Waals surface area contributed by atoms with Gasteiger partial charge in [-0.05, 0) is 48.9 Å². The maximum Gasteiger partial charge on any atom is 0.212 e. The van der Waals surface area contributed by atoms with Gasteiger partial charge in [-0.15, -0.1) is 0 Å². The summed E-state index contributed by atoms with van der Waals surface area (Å²) in [6.07, 6.45) is 4.62. The molecule has 0 aliphatic heterocycles. The standard InChI is InChI=1S/C21H15ClF2N4O/c1-12-6-17(23)19(25-8-12)11-29-14-3-4-15(16(22)7-14)18-10-27-21(28-18)13-2-5-20(24)26-9-13/h2-10H,11H2,1H3,(H,27,28). The predicted molar refractivity (Wildman–Crippen MR) is 105 cm³/mol. The molecular weight excluding hydrogens is 398 g/mol. The molecule has 0 spiro atoms. The lowest BCUT2D eigenvalue weighted by atomic mass is 10.1. The summed E-state index contributed by atoms with van der Waals surface area (Å²) in [7, 11) is 0. The van der Waals surface area contributed by atoms with Gasteiger partial charge in [-0.3, -0.25) is 4.98 Å². The van der Waals surface area contributed by atoms with Gasteiger partial charge in [-0.25, -0.2) is 14.4 Å². The number of aromatic amines is 1. The Morgan fingerprint density at radius 1 is 1.00 bits per heavy atom. The second kappa shape index (κ2) is 7.97. The lowest BCUT2D eigenvalue weighted by molar-refractivity contribution is 0.294. The molecule has 3 heterocycles. The van der Waals surface area contributed by atoms with Gasteiger partial charge in [0.2, 0.25) is 5.95 Å². The number of benzene rings is 1. The first-order valence-electron chi connectivity index (χ1n) is 8.70. The molecule has 1 aromatic carbocycles. The zero-order valence-electron chi connectivity index (χ0n) is 15.3. The summed E-state index contributed by atoms with van der Waals surface area (Å²) in [5, 5.41) is 0.437. The molecule has 0 aliphatic carbocycles. The van der Waals surface area contributed by atoms with Crippen molar-refractivity contribution in [3.05, 3.63) is 83.0 Å². The first kappa shape index (κ1) is 19.0. The van der Waals surface area contributed by atoms with Gasteiger partial charge >= 0.3 is 0 Å². The summed E-state index contributed by atoms with van der Waals surface area (Å²) in [5.41, 5.74) is 3.02. The summed E-state index contributed by atoms with van der Waals surface area (Å²) in [6.45, 7) is 1.76. The number of rotatable bonds is 5. The molecule has 0 atom stereocenters. The molecule has 0 radical (unpaired) electrons. The molecule has 0 bridgehead atoms. The van der Waals surface area contributed by atoms with Crippen LogP contribution in [0.1, 0.15) is 11.3 Å². The van der Waals surface area contributed by atoms with E-state index < -0.39 is 11.8 Å². The predicted octanol–water partition coefficient (Wildman–Crippen LogP) is 5.35. The zero-order chi connectivity index (χ0) is 20.4. The van der Waals surface area contributed by atoms with Gasteiger partial charge in [0.05, 0.1) is 16.9 Å². The van der Waals surface area contributed by atoms with Gasteiger partial charge < -0.3 is 9.72 Å². The van der Waals surface area contributed by atoms with Crippen molar-refractivity contribution in [2.24, 2.45) is 0 Å². The molecule has 0 unspecified atom stereocenters. The molecule has 0 saturated heterocycles. The minimum atomic E-state index is -0.556. The van der Waals surface area contributed by atoms with Gasteiger partial charge in [0.25, 0.3) is 0 Å². The van der Waals surface area contributed by atoms with Crippen molar-refractivity contribution in [2.75, 3.05) is 0 Å². The molecule has 29 heavy (non-hydrogen) atoms. The third-order valence-electron chi connectivity index (χ3n) is 4.24. The molecule has 5 nitrogen and oxygen atoms in total. The fraction of sp³-hybridized carbons (Fsp3) is 0.0952. The molecule has 3 aromatic heterocycles. The van der Waals surface area contributed by atoms with Crippen molar-refractivity contribution in [1.29, 1.82) is 0 Å². The number of halogens is 3. The Balaban J connectivity index is 1.51. The van der Waals surface area contributed by atoms with Crippen molar-refractivity contribution in [3.8, 4) is 28.4 Å². The zero-order valence-corrected chi connectivity index (χ0v) is 16.0. The van der Waals surface area contributed by atoms with Crippen LogP contribution in [0.15, 0.2) is 55.0 Å². The molecular formula is C21H15ClF2N4O. The van der Waals surface area contributed by atoms with Crippen LogP contribution in [0.2, 0.25) is 5.02 Å². The number of H-pyrrole nitrogens is 1. The molecule has 8 heteroatoms. The number of nitrogens with zero attached hydrogens (tertiary/aromatic N) is 3. The lowest BCUT2D eigenvalue weighted by Gasteiger charge is -2.09. The lowest BCUT2D eigenvalue weighted by Crippen LogP contribution is -2.02. The topological polar surface area (TPSA) is 63.7 Å². The van der Waals surface area contributed by atoms with Crippen LogP contribution in [0, 0.1) is 18.7 Å². The third-order valence-corrected chi connectivity index (χ3v) is 4.55. The van der Waals surface area contributed by atoms with Crippen LogP contribution in [0.25, 0.3) is 22.6 Å². The van der Waals surface area contributed by atoms with E-state index in [2.05, 4.69) is 19.9 Å². The number of hydrogen-bond donors (Lipinski definition) is 1. The molecule has 4 rings (SSSR count). The molecule has 1 N–H and O–H groups in total. The second-order valence-corrected chi connectivity index (χ2v) is 6.79. The quantitative estimate of drug-likeness (QED) is 0.448. The summed E-state index contributed by atoms with van der Waals surface area (Å²) < 4.78 is 32.5. The number of aryl methyl sites for hydroxylation is 1. The summed E-state index contributed by atoms with van der Waals surface area (Å²) in [5.74, 6) is 0.0701. The molecule has 0 aliphatic rings. The average Bonchev–Trinajstić information content (AvgIpc) is 3.18. The maximum absolute atomic E-state index is 13.9. The Bertz CT molecular complexity index is 1160. The van der Waals surface area contributed by atoms with Crippen molar-refractivity contribution < 1.29 is 13.5 Å². The average molecular weight is 413 g/mol. The highest BCUT2D eigenvalue weighted by atomic mass is 35.5. The molecule has 4 aromatic rings. The molecule has 0 saturated carbocycles. The smallest absolute Gasteiger partial charge is 0.212 e. The SMILES string of the molecule is Cc1cnc(COc2ccc(-c3cnc(-c4ccc(F)nc4)[nH]3)c(Cl)c2)c(F)c1. The fourth-order valence-electron chi connectivity index (χ4n) is 2.74. The van der Waals surface area contributed by atoms with E-state index >= 15 is 0 Å². The first-order chi connectivity index (χ1) is 14.0. The highest BCUT2D eigenvalue weighted by Crippen LogP contribution is 2.31. The number of hydrogen-bond acceptors (Lipinski definition) is 4. The normalized spacial score (nSPS) is 10.9. The minimum Gasteiger partial charge on any atom is -0.487 e. The highest BCUT2D eigenvalue weighted by Gasteiger charge is 2.11. The Hall–Kier alpha value is -3.32. The maximum atomic E-state index is 13.9. The van der Waals surface area contributed by atoms with Gasteiger partial charge in [-0.1, -0.05) is 11.6 Å². The number of imidazole rings is 1. The molecule has 0 amide bonds. The van der Waals surface area contributed by atoms with E-state index in [1.165, 1.54) is 18.3 Å². The number of ether oxygens (including phenoxy) is 1. The summed E-state index contributed by atoms with van der Waals surface area (Å²) in [6, 6.07) is 9.41. The van der Waals surface area contributed by atoms with Crippen molar-refractivity contribution in [1.82, 2.24) is 19.9 Å². The van der Waals surface area contributed by atoms with Crippen LogP contribution in [0.3, 0.4) is 0 Å². The molecule has 0 fully saturated rings. The van der Waals surface area contributed by atoms with Gasteiger partial charge in [0.15, 0.2) is 0 Å². The van der Waals surface area contributed by atoms with Gasteiger partial charge in [-0.2, -0.15) is 4.39 Å². The van der Waals surface area contributed by atoms with Crippen LogP contribution >= 0.6 is 11.6 Å².